The first kappa shape index (κ1) is 20.7. The van der Waals surface area contributed by atoms with Crippen molar-refractivity contribution in [1.29, 1.82) is 0 Å². The maximum atomic E-state index is 14.2. The Bertz CT molecular complexity index is 1080. The summed E-state index contributed by atoms with van der Waals surface area (Å²) < 4.78 is 20.8. The fraction of sp³-hybridized carbons (Fsp3) is 0.238. The lowest BCUT2D eigenvalue weighted by atomic mass is 10.2. The summed E-state index contributed by atoms with van der Waals surface area (Å²) in [5.41, 5.74) is 0.833. The molecule has 1 amide bonds. The minimum absolute atomic E-state index is 0.0576. The minimum atomic E-state index is -1.26. The van der Waals surface area contributed by atoms with Gasteiger partial charge in [0.2, 0.25) is 0 Å². The van der Waals surface area contributed by atoms with E-state index in [0.29, 0.717) is 11.2 Å². The molecule has 1 aromatic heterocycles. The SMILES string of the molecule is CC(C)(C)OC(=O)NCc1ccc(-n2c(C(=O)O)c(Cl)c3c(F)cccc32)cc1. The van der Waals surface area contributed by atoms with Gasteiger partial charge in [0, 0.05) is 12.2 Å². The Labute approximate surface area is 171 Å². The van der Waals surface area contributed by atoms with Crippen molar-refractivity contribution < 1.29 is 23.8 Å². The standard InChI is InChI=1S/C21H20ClFN2O4/c1-21(2,3)29-20(28)24-11-12-7-9-13(10-8-12)25-15-6-4-5-14(23)16(15)17(22)18(25)19(26)27/h4-10H,11H2,1-3H3,(H,24,28)(H,26,27). The highest BCUT2D eigenvalue weighted by Crippen LogP contribution is 2.35. The normalized spacial score (nSPS) is 11.5. The van der Waals surface area contributed by atoms with Crippen LogP contribution in [0, 0.1) is 5.82 Å². The Kier molecular flexibility index (Phi) is 5.53. The van der Waals surface area contributed by atoms with E-state index in [1.54, 1.807) is 51.1 Å². The van der Waals surface area contributed by atoms with E-state index in [0.717, 1.165) is 5.56 Å². The van der Waals surface area contributed by atoms with Gasteiger partial charge in [0.15, 0.2) is 5.69 Å². The van der Waals surface area contributed by atoms with Gasteiger partial charge in [-0.05, 0) is 50.6 Å². The number of aromatic nitrogens is 1. The summed E-state index contributed by atoms with van der Waals surface area (Å²) >= 11 is 6.18. The number of carboxylic acid groups (broad SMARTS) is 1. The molecule has 1 heterocycles. The lowest BCUT2D eigenvalue weighted by molar-refractivity contribution is 0.0523. The van der Waals surface area contributed by atoms with Gasteiger partial charge in [-0.3, -0.25) is 0 Å². The Hall–Kier alpha value is -3.06. The van der Waals surface area contributed by atoms with Crippen LogP contribution in [-0.2, 0) is 11.3 Å². The highest BCUT2D eigenvalue weighted by Gasteiger charge is 2.24. The number of carboxylic acids is 1. The second kappa shape index (κ2) is 7.75. The quantitative estimate of drug-likeness (QED) is 0.614. The van der Waals surface area contributed by atoms with Gasteiger partial charge in [-0.15, -0.1) is 0 Å². The van der Waals surface area contributed by atoms with Crippen LogP contribution in [-0.4, -0.2) is 27.3 Å². The van der Waals surface area contributed by atoms with Crippen molar-refractivity contribution in [3.05, 3.63) is 64.6 Å². The van der Waals surface area contributed by atoms with Crippen LogP contribution in [0.5, 0.6) is 0 Å². The third-order valence-electron chi connectivity index (χ3n) is 4.12. The van der Waals surface area contributed by atoms with Gasteiger partial charge < -0.3 is 19.7 Å². The van der Waals surface area contributed by atoms with Gasteiger partial charge in [0.05, 0.1) is 15.9 Å². The number of aromatic carboxylic acids is 1. The van der Waals surface area contributed by atoms with Crippen molar-refractivity contribution in [2.45, 2.75) is 32.9 Å². The molecular weight excluding hydrogens is 399 g/mol. The molecule has 3 rings (SSSR count). The predicted octanol–water partition coefficient (Wildman–Crippen LogP) is 5.15. The highest BCUT2D eigenvalue weighted by molar-refractivity contribution is 6.38. The molecule has 0 aliphatic carbocycles. The van der Waals surface area contributed by atoms with Crippen LogP contribution in [0.2, 0.25) is 5.02 Å². The van der Waals surface area contributed by atoms with E-state index in [2.05, 4.69) is 5.32 Å². The molecule has 8 heteroatoms. The van der Waals surface area contributed by atoms with Crippen molar-refractivity contribution in [2.75, 3.05) is 0 Å². The molecule has 2 N–H and O–H groups in total. The van der Waals surface area contributed by atoms with E-state index in [4.69, 9.17) is 16.3 Å². The summed E-state index contributed by atoms with van der Waals surface area (Å²) in [7, 11) is 0. The first-order valence-electron chi connectivity index (χ1n) is 8.86. The fourth-order valence-corrected chi connectivity index (χ4v) is 3.31. The Morgan fingerprint density at radius 1 is 1.17 bits per heavy atom. The molecule has 3 aromatic rings. The van der Waals surface area contributed by atoms with E-state index in [1.165, 1.54) is 16.7 Å². The molecule has 0 unspecified atom stereocenters. The summed E-state index contributed by atoms with van der Waals surface area (Å²) in [6, 6.07) is 11.2. The molecule has 6 nitrogen and oxygen atoms in total. The summed E-state index contributed by atoms with van der Waals surface area (Å²) in [5.74, 6) is -1.85. The number of ether oxygens (including phenoxy) is 1. The Morgan fingerprint density at radius 2 is 1.83 bits per heavy atom. The second-order valence-electron chi connectivity index (χ2n) is 7.46. The summed E-state index contributed by atoms with van der Waals surface area (Å²) in [6.45, 7) is 5.56. The van der Waals surface area contributed by atoms with Crippen LogP contribution in [0.3, 0.4) is 0 Å². The average Bonchev–Trinajstić information content (AvgIpc) is 2.93. The smallest absolute Gasteiger partial charge is 0.407 e. The number of alkyl carbamates (subject to hydrolysis) is 1. The third kappa shape index (κ3) is 4.35. The van der Waals surface area contributed by atoms with E-state index in [-0.39, 0.29) is 22.6 Å². The van der Waals surface area contributed by atoms with Crippen molar-refractivity contribution in [3.63, 3.8) is 0 Å². The molecule has 0 aliphatic heterocycles. The topological polar surface area (TPSA) is 80.6 Å². The predicted molar refractivity (Wildman–Crippen MR) is 108 cm³/mol. The van der Waals surface area contributed by atoms with Gasteiger partial charge in [-0.25, -0.2) is 14.0 Å². The summed E-state index contributed by atoms with van der Waals surface area (Å²) in [5, 5.41) is 12.2. The molecule has 2 aromatic carbocycles. The van der Waals surface area contributed by atoms with Gasteiger partial charge in [0.25, 0.3) is 0 Å². The number of hydrogen-bond donors (Lipinski definition) is 2. The number of hydrogen-bond acceptors (Lipinski definition) is 3. The first-order valence-corrected chi connectivity index (χ1v) is 9.24. The first-order chi connectivity index (χ1) is 13.6. The van der Waals surface area contributed by atoms with Crippen molar-refractivity contribution in [1.82, 2.24) is 9.88 Å². The van der Waals surface area contributed by atoms with Crippen LogP contribution in [0.1, 0.15) is 36.8 Å². The molecule has 0 bridgehead atoms. The van der Waals surface area contributed by atoms with E-state index in [9.17, 15) is 19.1 Å². The van der Waals surface area contributed by atoms with Gasteiger partial charge in [-0.1, -0.05) is 29.8 Å². The molecule has 0 radical (unpaired) electrons. The van der Waals surface area contributed by atoms with Crippen LogP contribution in [0.25, 0.3) is 16.6 Å². The lowest BCUT2D eigenvalue weighted by Gasteiger charge is -2.19. The fourth-order valence-electron chi connectivity index (χ4n) is 2.96. The number of nitrogens with zero attached hydrogens (tertiary/aromatic N) is 1. The summed E-state index contributed by atoms with van der Waals surface area (Å²) in [6.07, 6.45) is -0.534. The zero-order valence-electron chi connectivity index (χ0n) is 16.1. The molecule has 29 heavy (non-hydrogen) atoms. The van der Waals surface area contributed by atoms with Crippen LogP contribution in [0.4, 0.5) is 9.18 Å². The van der Waals surface area contributed by atoms with Gasteiger partial charge >= 0.3 is 12.1 Å². The van der Waals surface area contributed by atoms with Crippen LogP contribution >= 0.6 is 11.6 Å². The molecular formula is C21H20ClFN2O4. The van der Waals surface area contributed by atoms with Crippen LogP contribution < -0.4 is 5.32 Å². The highest BCUT2D eigenvalue weighted by atomic mass is 35.5. The number of carbonyl (C=O) groups is 2. The van der Waals surface area contributed by atoms with E-state index >= 15 is 0 Å². The number of amides is 1. The zero-order valence-corrected chi connectivity index (χ0v) is 16.9. The maximum absolute atomic E-state index is 14.2. The number of halogens is 2. The molecule has 0 saturated carbocycles. The second-order valence-corrected chi connectivity index (χ2v) is 7.84. The molecule has 0 aliphatic rings. The van der Waals surface area contributed by atoms with E-state index < -0.39 is 23.5 Å². The van der Waals surface area contributed by atoms with E-state index in [1.807, 2.05) is 0 Å². The maximum Gasteiger partial charge on any atom is 0.407 e. The zero-order chi connectivity index (χ0) is 21.3. The monoisotopic (exact) mass is 418 g/mol. The van der Waals surface area contributed by atoms with Gasteiger partial charge in [-0.2, -0.15) is 0 Å². The van der Waals surface area contributed by atoms with Gasteiger partial charge in [0.1, 0.15) is 11.4 Å². The number of rotatable bonds is 4. The number of benzene rings is 2. The van der Waals surface area contributed by atoms with Crippen molar-refractivity contribution >= 4 is 34.6 Å². The van der Waals surface area contributed by atoms with Crippen LogP contribution in [0.15, 0.2) is 42.5 Å². The number of carbonyl (C=O) groups excluding carboxylic acids is 1. The van der Waals surface area contributed by atoms with Crippen molar-refractivity contribution in [3.8, 4) is 5.69 Å². The third-order valence-corrected chi connectivity index (χ3v) is 4.48. The Morgan fingerprint density at radius 3 is 2.41 bits per heavy atom. The largest absolute Gasteiger partial charge is 0.477 e. The molecule has 0 atom stereocenters. The molecule has 0 spiro atoms. The molecule has 0 fully saturated rings. The number of nitrogens with one attached hydrogen (secondary N) is 1. The number of fused-ring (bicyclic) bond motifs is 1. The Balaban J connectivity index is 1.92. The summed E-state index contributed by atoms with van der Waals surface area (Å²) in [4.78, 5) is 23.5. The lowest BCUT2D eigenvalue weighted by Crippen LogP contribution is -2.32. The minimum Gasteiger partial charge on any atom is -0.477 e. The molecule has 152 valence electrons. The molecule has 0 saturated heterocycles. The average molecular weight is 419 g/mol. The van der Waals surface area contributed by atoms with Crippen molar-refractivity contribution in [2.24, 2.45) is 0 Å².